The molecule has 3 unspecified atom stereocenters. The molecule has 1 heterocycles. The monoisotopic (exact) mass is 293 g/mol. The zero-order chi connectivity index (χ0) is 14.9. The van der Waals surface area contributed by atoms with Gasteiger partial charge in [0.05, 0.1) is 5.54 Å². The van der Waals surface area contributed by atoms with E-state index in [0.29, 0.717) is 18.1 Å². The van der Waals surface area contributed by atoms with E-state index in [1.807, 2.05) is 0 Å². The Balaban J connectivity index is 1.71. The van der Waals surface area contributed by atoms with E-state index in [1.165, 1.54) is 51.5 Å². The van der Waals surface area contributed by atoms with Crippen LogP contribution in [-0.4, -0.2) is 41.0 Å². The summed E-state index contributed by atoms with van der Waals surface area (Å²) in [4.78, 5) is 14.8. The summed E-state index contributed by atoms with van der Waals surface area (Å²) in [7, 11) is 0. The van der Waals surface area contributed by atoms with Crippen molar-refractivity contribution in [1.29, 1.82) is 0 Å². The molecule has 120 valence electrons. The Bertz CT molecular complexity index is 382. The highest BCUT2D eigenvalue weighted by Crippen LogP contribution is 2.36. The smallest absolute Gasteiger partial charge is 0.237 e. The maximum absolute atomic E-state index is 12.2. The van der Waals surface area contributed by atoms with Crippen molar-refractivity contribution in [2.24, 2.45) is 5.73 Å². The van der Waals surface area contributed by atoms with E-state index in [9.17, 15) is 4.79 Å². The number of hydrogen-bond acceptors (Lipinski definition) is 3. The van der Waals surface area contributed by atoms with Gasteiger partial charge in [-0.15, -0.1) is 0 Å². The van der Waals surface area contributed by atoms with E-state index in [1.54, 1.807) is 0 Å². The van der Waals surface area contributed by atoms with Crippen molar-refractivity contribution in [2.75, 3.05) is 6.54 Å². The Morgan fingerprint density at radius 1 is 1.14 bits per heavy atom. The number of nitrogens with zero attached hydrogens (tertiary/aromatic N) is 1. The molecule has 3 fully saturated rings. The highest BCUT2D eigenvalue weighted by atomic mass is 16.1. The van der Waals surface area contributed by atoms with Crippen LogP contribution < -0.4 is 11.1 Å². The number of primary amides is 1. The first kappa shape index (κ1) is 15.3. The molecule has 0 spiro atoms. The predicted octanol–water partition coefficient (Wildman–Crippen LogP) is 2.17. The van der Waals surface area contributed by atoms with Gasteiger partial charge in [-0.25, -0.2) is 0 Å². The number of likely N-dealkylation sites (tertiary alicyclic amines) is 1. The van der Waals surface area contributed by atoms with Crippen LogP contribution in [-0.2, 0) is 4.79 Å². The summed E-state index contributed by atoms with van der Waals surface area (Å²) in [5.41, 5.74) is 5.38. The first-order valence-electron chi connectivity index (χ1n) is 8.94. The molecule has 3 N–H and O–H groups in total. The Morgan fingerprint density at radius 3 is 2.67 bits per heavy atom. The van der Waals surface area contributed by atoms with Crippen molar-refractivity contribution in [3.8, 4) is 0 Å². The normalized spacial score (nSPS) is 38.9. The third kappa shape index (κ3) is 3.42. The molecule has 0 aromatic carbocycles. The topological polar surface area (TPSA) is 58.4 Å². The van der Waals surface area contributed by atoms with Gasteiger partial charge < -0.3 is 11.1 Å². The van der Waals surface area contributed by atoms with Crippen molar-refractivity contribution in [1.82, 2.24) is 10.2 Å². The van der Waals surface area contributed by atoms with E-state index in [0.717, 1.165) is 19.3 Å². The van der Waals surface area contributed by atoms with Crippen LogP contribution in [0.25, 0.3) is 0 Å². The second kappa shape index (κ2) is 6.25. The van der Waals surface area contributed by atoms with E-state index in [-0.39, 0.29) is 5.91 Å². The zero-order valence-corrected chi connectivity index (χ0v) is 13.4. The molecular weight excluding hydrogens is 262 g/mol. The molecule has 1 amide bonds. The maximum atomic E-state index is 12.2. The van der Waals surface area contributed by atoms with Crippen LogP contribution in [0.3, 0.4) is 0 Å². The van der Waals surface area contributed by atoms with Crippen LogP contribution >= 0.6 is 0 Å². The van der Waals surface area contributed by atoms with Crippen LogP contribution in [0.15, 0.2) is 0 Å². The number of hydrogen-bond donors (Lipinski definition) is 2. The lowest BCUT2D eigenvalue weighted by Gasteiger charge is -2.45. The third-order valence-electron chi connectivity index (χ3n) is 5.83. The molecule has 0 aromatic heterocycles. The minimum Gasteiger partial charge on any atom is -0.368 e. The summed E-state index contributed by atoms with van der Waals surface area (Å²) in [6, 6.07) is 1.73. The molecule has 3 atom stereocenters. The van der Waals surface area contributed by atoms with Gasteiger partial charge in [0, 0.05) is 18.1 Å². The molecule has 3 aliphatic rings. The third-order valence-corrected chi connectivity index (χ3v) is 5.83. The maximum Gasteiger partial charge on any atom is 0.237 e. The lowest BCUT2D eigenvalue weighted by molar-refractivity contribution is -0.127. The van der Waals surface area contributed by atoms with Gasteiger partial charge in [-0.1, -0.05) is 12.8 Å². The van der Waals surface area contributed by atoms with E-state index < -0.39 is 5.54 Å². The van der Waals surface area contributed by atoms with Crippen molar-refractivity contribution < 1.29 is 4.79 Å². The average Bonchev–Trinajstić information content (AvgIpc) is 3.27. The number of carbonyl (C=O) groups excluding carboxylic acids is 1. The molecule has 0 radical (unpaired) electrons. The van der Waals surface area contributed by atoms with Gasteiger partial charge in [-0.2, -0.15) is 0 Å². The molecule has 21 heavy (non-hydrogen) atoms. The number of nitrogens with one attached hydrogen (secondary N) is 1. The van der Waals surface area contributed by atoms with E-state index in [2.05, 4.69) is 17.1 Å². The summed E-state index contributed by atoms with van der Waals surface area (Å²) >= 11 is 0. The minimum atomic E-state index is -0.434. The second-order valence-corrected chi connectivity index (χ2v) is 7.55. The van der Waals surface area contributed by atoms with Crippen LogP contribution in [0, 0.1) is 0 Å². The van der Waals surface area contributed by atoms with Crippen molar-refractivity contribution in [2.45, 2.75) is 94.8 Å². The van der Waals surface area contributed by atoms with Crippen LogP contribution in [0.1, 0.15) is 71.1 Å². The first-order chi connectivity index (χ1) is 10.1. The van der Waals surface area contributed by atoms with Crippen molar-refractivity contribution >= 4 is 5.91 Å². The van der Waals surface area contributed by atoms with Crippen LogP contribution in [0.4, 0.5) is 0 Å². The number of rotatable bonds is 4. The lowest BCUT2D eigenvalue weighted by atomic mass is 9.77. The Labute approximate surface area is 128 Å². The summed E-state index contributed by atoms with van der Waals surface area (Å²) in [5.74, 6) is -0.124. The molecule has 0 aromatic rings. The van der Waals surface area contributed by atoms with Crippen LogP contribution in [0.5, 0.6) is 0 Å². The first-order valence-corrected chi connectivity index (χ1v) is 8.94. The zero-order valence-electron chi connectivity index (χ0n) is 13.4. The summed E-state index contributed by atoms with van der Waals surface area (Å²) in [6.07, 6.45) is 11.9. The van der Waals surface area contributed by atoms with Gasteiger partial charge in [-0.05, 0) is 64.8 Å². The van der Waals surface area contributed by atoms with Gasteiger partial charge in [0.1, 0.15) is 0 Å². The Kier molecular flexibility index (Phi) is 4.55. The SMILES string of the molecule is CC1CCCCCN1C1CCCC(NC2CC2)(C(N)=O)C1. The van der Waals surface area contributed by atoms with Gasteiger partial charge in [-0.3, -0.25) is 9.69 Å². The number of amides is 1. The molecule has 4 heteroatoms. The number of carbonyl (C=O) groups is 1. The molecule has 3 rings (SSSR count). The summed E-state index contributed by atoms with van der Waals surface area (Å²) < 4.78 is 0. The Morgan fingerprint density at radius 2 is 1.95 bits per heavy atom. The van der Waals surface area contributed by atoms with E-state index >= 15 is 0 Å². The molecule has 1 saturated heterocycles. The molecular formula is C17H31N3O. The lowest BCUT2D eigenvalue weighted by Crippen LogP contribution is -2.61. The minimum absolute atomic E-state index is 0.124. The fourth-order valence-corrected chi connectivity index (χ4v) is 4.41. The van der Waals surface area contributed by atoms with Gasteiger partial charge in [0.25, 0.3) is 0 Å². The fourth-order valence-electron chi connectivity index (χ4n) is 4.41. The fraction of sp³-hybridized carbons (Fsp3) is 0.941. The van der Waals surface area contributed by atoms with Gasteiger partial charge >= 0.3 is 0 Å². The highest BCUT2D eigenvalue weighted by Gasteiger charge is 2.46. The van der Waals surface area contributed by atoms with Gasteiger partial charge in [0.2, 0.25) is 5.91 Å². The largest absolute Gasteiger partial charge is 0.368 e. The second-order valence-electron chi connectivity index (χ2n) is 7.55. The molecule has 2 saturated carbocycles. The quantitative estimate of drug-likeness (QED) is 0.835. The molecule has 0 bridgehead atoms. The van der Waals surface area contributed by atoms with E-state index in [4.69, 9.17) is 5.73 Å². The molecule has 2 aliphatic carbocycles. The van der Waals surface area contributed by atoms with Crippen molar-refractivity contribution in [3.05, 3.63) is 0 Å². The summed E-state index contributed by atoms with van der Waals surface area (Å²) in [5, 5.41) is 3.60. The predicted molar refractivity (Wildman–Crippen MR) is 85.0 cm³/mol. The van der Waals surface area contributed by atoms with Crippen molar-refractivity contribution in [3.63, 3.8) is 0 Å². The standard InChI is InChI=1S/C17H31N3O/c1-13-6-3-2-4-11-20(13)15-7-5-10-17(12-15,16(18)21)19-14-8-9-14/h13-15,19H,2-12H2,1H3,(H2,18,21). The average molecular weight is 293 g/mol. The van der Waals surface area contributed by atoms with Crippen LogP contribution in [0.2, 0.25) is 0 Å². The Hall–Kier alpha value is -0.610. The highest BCUT2D eigenvalue weighted by molar-refractivity contribution is 5.85. The number of nitrogens with two attached hydrogens (primary N) is 1. The summed E-state index contributed by atoms with van der Waals surface area (Å²) in [6.45, 7) is 3.56. The molecule has 1 aliphatic heterocycles. The van der Waals surface area contributed by atoms with Gasteiger partial charge in [0.15, 0.2) is 0 Å². The molecule has 4 nitrogen and oxygen atoms in total.